The molecular formula is C17H20N2O5. The van der Waals surface area contributed by atoms with Crippen LogP contribution in [0.3, 0.4) is 0 Å². The molecule has 7 nitrogen and oxygen atoms in total. The fourth-order valence-electron chi connectivity index (χ4n) is 2.47. The molecule has 0 fully saturated rings. The lowest BCUT2D eigenvalue weighted by Crippen LogP contribution is -2.34. The Morgan fingerprint density at radius 1 is 1.29 bits per heavy atom. The molecule has 2 rings (SSSR count). The average molecular weight is 332 g/mol. The number of nitro benzene ring substituents is 1. The molecule has 0 radical (unpaired) electrons. The summed E-state index contributed by atoms with van der Waals surface area (Å²) in [6, 6.07) is 9.25. The second kappa shape index (κ2) is 7.74. The van der Waals surface area contributed by atoms with E-state index >= 15 is 0 Å². The van der Waals surface area contributed by atoms with E-state index in [1.807, 2.05) is 0 Å². The molecular weight excluding hydrogens is 312 g/mol. The highest BCUT2D eigenvalue weighted by Crippen LogP contribution is 2.27. The quantitative estimate of drug-likeness (QED) is 0.592. The molecule has 1 aromatic carbocycles. The fourth-order valence-corrected chi connectivity index (χ4v) is 2.47. The Bertz CT molecular complexity index is 682. The molecule has 3 unspecified atom stereocenters. The number of non-ortho nitro benzene ring substituents is 1. The van der Waals surface area contributed by atoms with Crippen molar-refractivity contribution < 1.29 is 19.6 Å². The summed E-state index contributed by atoms with van der Waals surface area (Å²) in [6.45, 7) is 3.26. The van der Waals surface area contributed by atoms with Crippen molar-refractivity contribution in [3.05, 3.63) is 58.9 Å². The van der Waals surface area contributed by atoms with E-state index in [9.17, 15) is 20.0 Å². The number of carbonyl (C=O) groups is 1. The van der Waals surface area contributed by atoms with Crippen LogP contribution < -0.4 is 4.74 Å². The molecule has 3 atom stereocenters. The fraction of sp³-hybridized carbons (Fsp3) is 0.353. The number of ether oxygens (including phenoxy) is 1. The third kappa shape index (κ3) is 4.42. The second-order valence-corrected chi connectivity index (χ2v) is 5.76. The summed E-state index contributed by atoms with van der Waals surface area (Å²) in [5, 5.41) is 21.3. The van der Waals surface area contributed by atoms with Gasteiger partial charge in [0.05, 0.1) is 4.92 Å². The summed E-state index contributed by atoms with van der Waals surface area (Å²) in [7, 11) is 0. The number of hydrogen-bond donors (Lipinski definition) is 1. The largest absolute Gasteiger partial charge is 0.467 e. The smallest absolute Gasteiger partial charge is 0.269 e. The van der Waals surface area contributed by atoms with Gasteiger partial charge in [-0.25, -0.2) is 0 Å². The maximum absolute atomic E-state index is 11.3. The van der Waals surface area contributed by atoms with Crippen molar-refractivity contribution in [2.75, 3.05) is 0 Å². The highest BCUT2D eigenvalue weighted by Gasteiger charge is 2.28. The number of aliphatic hydroxyl groups is 1. The molecule has 128 valence electrons. The van der Waals surface area contributed by atoms with Gasteiger partial charge in [0.2, 0.25) is 6.23 Å². The monoisotopic (exact) mass is 332 g/mol. The zero-order valence-corrected chi connectivity index (χ0v) is 13.5. The van der Waals surface area contributed by atoms with E-state index in [1.54, 1.807) is 36.0 Å². The summed E-state index contributed by atoms with van der Waals surface area (Å²) < 4.78 is 7.53. The minimum atomic E-state index is -0.920. The van der Waals surface area contributed by atoms with Crippen LogP contribution in [0.15, 0.2) is 48.8 Å². The minimum Gasteiger partial charge on any atom is -0.467 e. The highest BCUT2D eigenvalue weighted by molar-refractivity contribution is 5.75. The number of hydrogen-bond acceptors (Lipinski definition) is 5. The van der Waals surface area contributed by atoms with Gasteiger partial charge >= 0.3 is 0 Å². The minimum absolute atomic E-state index is 0.0110. The van der Waals surface area contributed by atoms with E-state index in [2.05, 4.69) is 0 Å². The average Bonchev–Trinajstić information content (AvgIpc) is 3.05. The Morgan fingerprint density at radius 3 is 2.38 bits per heavy atom. The van der Waals surface area contributed by atoms with Crippen molar-refractivity contribution >= 4 is 11.5 Å². The molecule has 0 aliphatic carbocycles. The number of rotatable bonds is 8. The number of Topliss-reactive ketones (excluding diaryl/α,β-unsaturated/α-hetero) is 1. The molecule has 0 bridgehead atoms. The zero-order chi connectivity index (χ0) is 17.7. The van der Waals surface area contributed by atoms with Gasteiger partial charge in [0.1, 0.15) is 17.6 Å². The van der Waals surface area contributed by atoms with Crippen molar-refractivity contribution in [1.29, 1.82) is 0 Å². The van der Waals surface area contributed by atoms with Gasteiger partial charge in [-0.2, -0.15) is 0 Å². The van der Waals surface area contributed by atoms with Crippen LogP contribution in [-0.4, -0.2) is 26.5 Å². The molecule has 2 aromatic rings. The first-order chi connectivity index (χ1) is 11.4. The Kier molecular flexibility index (Phi) is 5.70. The highest BCUT2D eigenvalue weighted by atomic mass is 16.6. The van der Waals surface area contributed by atoms with Crippen molar-refractivity contribution in [2.45, 2.75) is 32.6 Å². The summed E-state index contributed by atoms with van der Waals surface area (Å²) in [6.07, 6.45) is 2.08. The number of nitro groups is 1. The van der Waals surface area contributed by atoms with Gasteiger partial charge in [0.15, 0.2) is 0 Å². The van der Waals surface area contributed by atoms with Gasteiger partial charge in [-0.1, -0.05) is 6.92 Å². The van der Waals surface area contributed by atoms with E-state index < -0.39 is 17.3 Å². The van der Waals surface area contributed by atoms with Gasteiger partial charge in [0, 0.05) is 30.9 Å². The number of aromatic nitrogens is 1. The molecule has 1 N–H and O–H groups in total. The van der Waals surface area contributed by atoms with Crippen LogP contribution in [0.1, 0.15) is 26.5 Å². The van der Waals surface area contributed by atoms with Gasteiger partial charge in [-0.15, -0.1) is 0 Å². The second-order valence-electron chi connectivity index (χ2n) is 5.76. The topological polar surface area (TPSA) is 94.6 Å². The van der Waals surface area contributed by atoms with Crippen LogP contribution >= 0.6 is 0 Å². The van der Waals surface area contributed by atoms with Crippen molar-refractivity contribution in [3.63, 3.8) is 0 Å². The number of benzene rings is 1. The van der Waals surface area contributed by atoms with Crippen LogP contribution in [0.2, 0.25) is 0 Å². The first-order valence-electron chi connectivity index (χ1n) is 7.59. The zero-order valence-electron chi connectivity index (χ0n) is 13.5. The Labute approximate surface area is 139 Å². The van der Waals surface area contributed by atoms with E-state index in [-0.39, 0.29) is 23.8 Å². The number of nitrogens with zero attached hydrogens (tertiary/aromatic N) is 2. The maximum atomic E-state index is 11.3. The Hall–Kier alpha value is -2.67. The van der Waals surface area contributed by atoms with Crippen LogP contribution in [0.25, 0.3) is 0 Å². The van der Waals surface area contributed by atoms with Crippen molar-refractivity contribution in [1.82, 2.24) is 4.57 Å². The molecule has 1 heterocycles. The summed E-state index contributed by atoms with van der Waals surface area (Å²) in [4.78, 5) is 21.5. The third-order valence-corrected chi connectivity index (χ3v) is 3.71. The van der Waals surface area contributed by atoms with Gasteiger partial charge in [-0.3, -0.25) is 10.1 Å². The molecule has 0 aliphatic heterocycles. The van der Waals surface area contributed by atoms with Crippen molar-refractivity contribution in [2.24, 2.45) is 5.92 Å². The SMILES string of the molecule is CC(=O)CC(C)C(O)C(Oc1ccc([N+](=O)[O-])cc1)n1cccc1. The van der Waals surface area contributed by atoms with Crippen LogP contribution in [0.5, 0.6) is 5.75 Å². The maximum Gasteiger partial charge on any atom is 0.269 e. The van der Waals surface area contributed by atoms with Gasteiger partial charge < -0.3 is 19.2 Å². The van der Waals surface area contributed by atoms with Crippen LogP contribution in [-0.2, 0) is 4.79 Å². The molecule has 7 heteroatoms. The van der Waals surface area contributed by atoms with Crippen molar-refractivity contribution in [3.8, 4) is 5.75 Å². The van der Waals surface area contributed by atoms with Gasteiger partial charge in [-0.05, 0) is 37.1 Å². The number of aliphatic hydroxyl groups excluding tert-OH is 1. The van der Waals surface area contributed by atoms with Crippen LogP contribution in [0.4, 0.5) is 5.69 Å². The first kappa shape index (κ1) is 17.7. The number of carbonyl (C=O) groups excluding carboxylic acids is 1. The standard InChI is InChI=1S/C17H20N2O5/c1-12(11-13(2)20)16(21)17(18-9-3-4-10-18)24-15-7-5-14(6-8-15)19(22)23/h3-10,12,16-17,21H,11H2,1-2H3. The van der Waals surface area contributed by atoms with E-state index in [0.717, 1.165) is 0 Å². The molecule has 0 aliphatic rings. The van der Waals surface area contributed by atoms with E-state index in [0.29, 0.717) is 5.75 Å². The Balaban J connectivity index is 2.20. The number of ketones is 1. The first-order valence-corrected chi connectivity index (χ1v) is 7.59. The van der Waals surface area contributed by atoms with E-state index in [1.165, 1.54) is 31.2 Å². The predicted molar refractivity (Wildman–Crippen MR) is 87.7 cm³/mol. The molecule has 24 heavy (non-hydrogen) atoms. The van der Waals surface area contributed by atoms with Crippen LogP contribution in [0, 0.1) is 16.0 Å². The summed E-state index contributed by atoms with van der Waals surface area (Å²) in [5.74, 6) is 0.0875. The lowest BCUT2D eigenvalue weighted by atomic mass is 9.97. The summed E-state index contributed by atoms with van der Waals surface area (Å²) in [5.41, 5.74) is -0.0367. The molecule has 0 saturated carbocycles. The molecule has 0 saturated heterocycles. The van der Waals surface area contributed by atoms with E-state index in [4.69, 9.17) is 4.74 Å². The predicted octanol–water partition coefficient (Wildman–Crippen LogP) is 2.95. The van der Waals surface area contributed by atoms with Gasteiger partial charge in [0.25, 0.3) is 5.69 Å². The summed E-state index contributed by atoms with van der Waals surface area (Å²) >= 11 is 0. The lowest BCUT2D eigenvalue weighted by Gasteiger charge is -2.29. The molecule has 1 aromatic heterocycles. The molecule has 0 amide bonds. The molecule has 0 spiro atoms. The lowest BCUT2D eigenvalue weighted by molar-refractivity contribution is -0.384. The normalized spacial score (nSPS) is 14.6. The Morgan fingerprint density at radius 2 is 1.88 bits per heavy atom. The third-order valence-electron chi connectivity index (χ3n) is 3.71.